The van der Waals surface area contributed by atoms with Crippen LogP contribution in [0.25, 0.3) is 22.1 Å². The van der Waals surface area contributed by atoms with Crippen LogP contribution in [0.3, 0.4) is 0 Å². The molecule has 0 atom stereocenters. The number of aromatic nitrogens is 4. The van der Waals surface area contributed by atoms with Crippen LogP contribution in [0.2, 0.25) is 5.15 Å². The lowest BCUT2D eigenvalue weighted by atomic mass is 10.1. The molecule has 0 radical (unpaired) electrons. The second-order valence-electron chi connectivity index (χ2n) is 5.30. The number of pyridine rings is 2. The summed E-state index contributed by atoms with van der Waals surface area (Å²) < 4.78 is 1.82. The van der Waals surface area contributed by atoms with E-state index in [-0.39, 0.29) is 11.7 Å². The van der Waals surface area contributed by atoms with Gasteiger partial charge in [0.15, 0.2) is 0 Å². The van der Waals surface area contributed by atoms with Gasteiger partial charge in [0, 0.05) is 6.04 Å². The minimum Gasteiger partial charge on any atom is -0.317 e. The number of aromatic amines is 1. The third-order valence-electron chi connectivity index (χ3n) is 4.03. The van der Waals surface area contributed by atoms with Crippen molar-refractivity contribution in [1.82, 2.24) is 24.8 Å². The molecule has 0 unspecified atom stereocenters. The zero-order valence-electron chi connectivity index (χ0n) is 11.3. The van der Waals surface area contributed by atoms with Gasteiger partial charge in [-0.05, 0) is 38.1 Å². The Morgan fingerprint density at radius 3 is 2.90 bits per heavy atom. The maximum atomic E-state index is 12.4. The Bertz CT molecular complexity index is 878. The fraction of sp³-hybridized carbons (Fsp3) is 0.357. The number of H-pyrrole nitrogens is 1. The van der Waals surface area contributed by atoms with Crippen LogP contribution in [0.5, 0.6) is 0 Å². The molecule has 1 saturated heterocycles. The van der Waals surface area contributed by atoms with Crippen LogP contribution >= 0.6 is 11.6 Å². The highest BCUT2D eigenvalue weighted by Gasteiger charge is 2.21. The van der Waals surface area contributed by atoms with Crippen LogP contribution in [0.15, 0.2) is 23.1 Å². The molecule has 1 aliphatic heterocycles. The predicted molar refractivity (Wildman–Crippen MR) is 81.8 cm³/mol. The molecule has 3 aromatic rings. The molecule has 108 valence electrons. The second-order valence-corrected chi connectivity index (χ2v) is 5.69. The number of halogens is 1. The molecule has 1 aliphatic rings. The van der Waals surface area contributed by atoms with Crippen LogP contribution in [0, 0.1) is 0 Å². The summed E-state index contributed by atoms with van der Waals surface area (Å²) >= 11 is 6.02. The van der Waals surface area contributed by atoms with E-state index in [4.69, 9.17) is 11.6 Å². The Labute approximate surface area is 125 Å². The first-order valence-electron chi connectivity index (χ1n) is 7.00. The van der Waals surface area contributed by atoms with Gasteiger partial charge in [-0.25, -0.2) is 9.78 Å². The van der Waals surface area contributed by atoms with Crippen molar-refractivity contribution in [3.8, 4) is 0 Å². The van der Waals surface area contributed by atoms with Crippen LogP contribution in [-0.2, 0) is 0 Å². The monoisotopic (exact) mass is 303 g/mol. The molecule has 4 heterocycles. The van der Waals surface area contributed by atoms with Crippen molar-refractivity contribution < 1.29 is 0 Å². The first-order valence-corrected chi connectivity index (χ1v) is 7.38. The van der Waals surface area contributed by atoms with E-state index in [0.717, 1.165) is 37.0 Å². The molecule has 2 N–H and O–H groups in total. The summed E-state index contributed by atoms with van der Waals surface area (Å²) in [6, 6.07) is 3.72. The van der Waals surface area contributed by atoms with Crippen molar-refractivity contribution in [2.75, 3.05) is 13.1 Å². The fourth-order valence-electron chi connectivity index (χ4n) is 3.05. The maximum absolute atomic E-state index is 12.4. The van der Waals surface area contributed by atoms with Crippen molar-refractivity contribution in [2.45, 2.75) is 18.9 Å². The largest absolute Gasteiger partial charge is 0.326 e. The molecule has 0 aromatic carbocycles. The van der Waals surface area contributed by atoms with E-state index in [1.165, 1.54) is 0 Å². The molecular weight excluding hydrogens is 290 g/mol. The number of hydrogen-bond acceptors (Lipinski definition) is 4. The quantitative estimate of drug-likeness (QED) is 0.673. The Kier molecular flexibility index (Phi) is 2.94. The lowest BCUT2D eigenvalue weighted by Gasteiger charge is -2.23. The zero-order chi connectivity index (χ0) is 14.4. The summed E-state index contributed by atoms with van der Waals surface area (Å²) in [4.78, 5) is 24.0. The summed E-state index contributed by atoms with van der Waals surface area (Å²) in [7, 11) is 0. The van der Waals surface area contributed by atoms with Gasteiger partial charge >= 0.3 is 5.69 Å². The third kappa shape index (κ3) is 2.02. The molecule has 0 saturated carbocycles. The number of fused-ring (bicyclic) bond motifs is 3. The smallest absolute Gasteiger partial charge is 0.317 e. The van der Waals surface area contributed by atoms with Gasteiger partial charge in [-0.3, -0.25) is 9.55 Å². The van der Waals surface area contributed by atoms with Crippen LogP contribution in [0.1, 0.15) is 18.9 Å². The van der Waals surface area contributed by atoms with E-state index in [2.05, 4.69) is 20.3 Å². The standard InChI is InChI=1S/C14H14ClN5O/c15-11-2-1-9-12(19-11)13-10(7-17-9)18-14(21)20(13)8-3-5-16-6-4-8/h1-2,7-8,16H,3-6H2,(H,18,21). The van der Waals surface area contributed by atoms with Gasteiger partial charge in [-0.15, -0.1) is 0 Å². The van der Waals surface area contributed by atoms with E-state index in [9.17, 15) is 4.79 Å². The second kappa shape index (κ2) is 4.82. The molecule has 3 aromatic heterocycles. The Morgan fingerprint density at radius 1 is 1.29 bits per heavy atom. The molecule has 0 amide bonds. The number of nitrogens with zero attached hydrogens (tertiary/aromatic N) is 3. The van der Waals surface area contributed by atoms with Crippen LogP contribution in [-0.4, -0.2) is 32.6 Å². The molecule has 0 spiro atoms. The number of piperidine rings is 1. The van der Waals surface area contributed by atoms with Gasteiger partial charge in [0.1, 0.15) is 10.7 Å². The number of imidazole rings is 1. The van der Waals surface area contributed by atoms with Gasteiger partial charge in [-0.2, -0.15) is 0 Å². The Morgan fingerprint density at radius 2 is 2.10 bits per heavy atom. The Hall–Kier alpha value is -1.92. The maximum Gasteiger partial charge on any atom is 0.326 e. The van der Waals surface area contributed by atoms with Crippen molar-refractivity contribution in [1.29, 1.82) is 0 Å². The number of nitrogens with one attached hydrogen (secondary N) is 2. The summed E-state index contributed by atoms with van der Waals surface area (Å²) in [5.41, 5.74) is 2.83. The SMILES string of the molecule is O=c1[nH]c2cnc3ccc(Cl)nc3c2n1C1CCNCC1. The Balaban J connectivity index is 2.06. The first kappa shape index (κ1) is 12.8. The molecular formula is C14H14ClN5O. The van der Waals surface area contributed by atoms with E-state index in [1.54, 1.807) is 12.3 Å². The molecule has 0 aliphatic carbocycles. The van der Waals surface area contributed by atoms with Crippen molar-refractivity contribution in [3.63, 3.8) is 0 Å². The summed E-state index contributed by atoms with van der Waals surface area (Å²) in [5.74, 6) is 0. The van der Waals surface area contributed by atoms with E-state index in [0.29, 0.717) is 16.2 Å². The highest BCUT2D eigenvalue weighted by atomic mass is 35.5. The fourth-order valence-corrected chi connectivity index (χ4v) is 3.20. The number of hydrogen-bond donors (Lipinski definition) is 2. The highest BCUT2D eigenvalue weighted by molar-refractivity contribution is 6.30. The van der Waals surface area contributed by atoms with Gasteiger partial charge in [0.25, 0.3) is 0 Å². The lowest BCUT2D eigenvalue weighted by molar-refractivity contribution is 0.369. The van der Waals surface area contributed by atoms with Crippen molar-refractivity contribution in [3.05, 3.63) is 34.0 Å². The molecule has 4 rings (SSSR count). The summed E-state index contributed by atoms with van der Waals surface area (Å²) in [5, 5.41) is 3.72. The van der Waals surface area contributed by atoms with Crippen molar-refractivity contribution >= 4 is 33.7 Å². The molecule has 6 nitrogen and oxygen atoms in total. The molecule has 7 heteroatoms. The van der Waals surface area contributed by atoms with Crippen LogP contribution in [0.4, 0.5) is 0 Å². The average Bonchev–Trinajstić information content (AvgIpc) is 2.84. The molecule has 0 bridgehead atoms. The van der Waals surface area contributed by atoms with Gasteiger partial charge in [0.2, 0.25) is 0 Å². The van der Waals surface area contributed by atoms with Gasteiger partial charge < -0.3 is 10.3 Å². The molecule has 1 fully saturated rings. The highest BCUT2D eigenvalue weighted by Crippen LogP contribution is 2.26. The minimum absolute atomic E-state index is 0.104. The molecule has 21 heavy (non-hydrogen) atoms. The zero-order valence-corrected chi connectivity index (χ0v) is 12.0. The average molecular weight is 304 g/mol. The van der Waals surface area contributed by atoms with Gasteiger partial charge in [-0.1, -0.05) is 11.6 Å². The third-order valence-corrected chi connectivity index (χ3v) is 4.24. The van der Waals surface area contributed by atoms with Crippen molar-refractivity contribution in [2.24, 2.45) is 0 Å². The lowest BCUT2D eigenvalue weighted by Crippen LogP contribution is -2.33. The van der Waals surface area contributed by atoms with E-state index in [1.807, 2.05) is 10.6 Å². The van der Waals surface area contributed by atoms with E-state index >= 15 is 0 Å². The topological polar surface area (TPSA) is 75.6 Å². The minimum atomic E-state index is -0.104. The first-order chi connectivity index (χ1) is 10.2. The predicted octanol–water partition coefficient (Wildman–Crippen LogP) is 1.85. The summed E-state index contributed by atoms with van der Waals surface area (Å²) in [6.07, 6.45) is 3.54. The van der Waals surface area contributed by atoms with E-state index < -0.39 is 0 Å². The van der Waals surface area contributed by atoms with Gasteiger partial charge in [0.05, 0.1) is 22.7 Å². The normalized spacial score (nSPS) is 16.8. The van der Waals surface area contributed by atoms with Crippen LogP contribution < -0.4 is 11.0 Å². The number of rotatable bonds is 1. The summed E-state index contributed by atoms with van der Waals surface area (Å²) in [6.45, 7) is 1.84.